The molecule has 2 N–H and O–H groups in total. The molecular formula is C12H14FN3S. The zero-order chi connectivity index (χ0) is 12.3. The van der Waals surface area contributed by atoms with E-state index in [1.807, 2.05) is 17.3 Å². The predicted molar refractivity (Wildman–Crippen MR) is 68.5 cm³/mol. The third-order valence-electron chi connectivity index (χ3n) is 2.41. The SMILES string of the molecule is CN(Cc1ccc(F)cc1)c1nc(CN)cs1. The van der Waals surface area contributed by atoms with E-state index in [4.69, 9.17) is 5.73 Å². The summed E-state index contributed by atoms with van der Waals surface area (Å²) in [5.41, 5.74) is 7.47. The van der Waals surface area contributed by atoms with Gasteiger partial charge in [-0.1, -0.05) is 12.1 Å². The molecule has 0 spiro atoms. The summed E-state index contributed by atoms with van der Waals surface area (Å²) in [6.07, 6.45) is 0. The average molecular weight is 251 g/mol. The fourth-order valence-corrected chi connectivity index (χ4v) is 2.30. The Labute approximate surface area is 104 Å². The topological polar surface area (TPSA) is 42.2 Å². The fraction of sp³-hybridized carbons (Fsp3) is 0.250. The summed E-state index contributed by atoms with van der Waals surface area (Å²) in [7, 11) is 1.96. The number of nitrogens with zero attached hydrogens (tertiary/aromatic N) is 2. The quantitative estimate of drug-likeness (QED) is 0.907. The number of thiazole rings is 1. The molecule has 0 aliphatic carbocycles. The number of halogens is 1. The number of rotatable bonds is 4. The van der Waals surface area contributed by atoms with Gasteiger partial charge in [-0.2, -0.15) is 0 Å². The standard InChI is InChI=1S/C12H14FN3S/c1-16(12-15-11(6-14)8-17-12)7-9-2-4-10(13)5-3-9/h2-5,8H,6-7,14H2,1H3. The first-order valence-electron chi connectivity index (χ1n) is 5.29. The van der Waals surface area contributed by atoms with E-state index >= 15 is 0 Å². The van der Waals surface area contributed by atoms with Crippen molar-refractivity contribution in [1.29, 1.82) is 0 Å². The molecule has 17 heavy (non-hydrogen) atoms. The van der Waals surface area contributed by atoms with Crippen LogP contribution in [0.1, 0.15) is 11.3 Å². The lowest BCUT2D eigenvalue weighted by Gasteiger charge is -2.15. The van der Waals surface area contributed by atoms with Gasteiger partial charge in [-0.05, 0) is 17.7 Å². The van der Waals surface area contributed by atoms with E-state index in [2.05, 4.69) is 4.98 Å². The molecule has 0 bridgehead atoms. The molecule has 0 radical (unpaired) electrons. The Morgan fingerprint density at radius 2 is 2.06 bits per heavy atom. The molecule has 90 valence electrons. The van der Waals surface area contributed by atoms with Gasteiger partial charge in [0.1, 0.15) is 5.82 Å². The first-order chi connectivity index (χ1) is 8.19. The zero-order valence-corrected chi connectivity index (χ0v) is 10.4. The van der Waals surface area contributed by atoms with E-state index < -0.39 is 0 Å². The lowest BCUT2D eigenvalue weighted by Crippen LogP contribution is -2.16. The summed E-state index contributed by atoms with van der Waals surface area (Å²) in [6, 6.07) is 6.50. The van der Waals surface area contributed by atoms with Crippen molar-refractivity contribution >= 4 is 16.5 Å². The van der Waals surface area contributed by atoms with Crippen LogP contribution in [0.5, 0.6) is 0 Å². The highest BCUT2D eigenvalue weighted by Gasteiger charge is 2.06. The minimum atomic E-state index is -0.212. The lowest BCUT2D eigenvalue weighted by molar-refractivity contribution is 0.627. The van der Waals surface area contributed by atoms with Gasteiger partial charge in [0.05, 0.1) is 5.69 Å². The first-order valence-corrected chi connectivity index (χ1v) is 6.17. The predicted octanol–water partition coefficient (Wildman–Crippen LogP) is 2.38. The van der Waals surface area contributed by atoms with Crippen LogP contribution in [0.3, 0.4) is 0 Å². The van der Waals surface area contributed by atoms with Crippen LogP contribution in [0.15, 0.2) is 29.6 Å². The maximum absolute atomic E-state index is 12.8. The summed E-state index contributed by atoms with van der Waals surface area (Å²) < 4.78 is 12.8. The molecule has 2 rings (SSSR count). The van der Waals surface area contributed by atoms with Crippen LogP contribution in [-0.4, -0.2) is 12.0 Å². The summed E-state index contributed by atoms with van der Waals surface area (Å²) in [5.74, 6) is -0.212. The van der Waals surface area contributed by atoms with Crippen molar-refractivity contribution in [2.75, 3.05) is 11.9 Å². The normalized spacial score (nSPS) is 10.5. The second kappa shape index (κ2) is 5.25. The van der Waals surface area contributed by atoms with Gasteiger partial charge in [0.25, 0.3) is 0 Å². The monoisotopic (exact) mass is 251 g/mol. The number of anilines is 1. The number of aromatic nitrogens is 1. The third-order valence-corrected chi connectivity index (χ3v) is 3.41. The van der Waals surface area contributed by atoms with E-state index in [0.717, 1.165) is 16.4 Å². The Morgan fingerprint density at radius 1 is 1.35 bits per heavy atom. The molecule has 0 atom stereocenters. The largest absolute Gasteiger partial charge is 0.347 e. The molecule has 5 heteroatoms. The molecule has 0 aliphatic rings. The second-order valence-corrected chi connectivity index (χ2v) is 4.64. The molecule has 0 aliphatic heterocycles. The summed E-state index contributed by atoms with van der Waals surface area (Å²) >= 11 is 1.57. The van der Waals surface area contributed by atoms with Crippen LogP contribution >= 0.6 is 11.3 Å². The Balaban J connectivity index is 2.05. The highest BCUT2D eigenvalue weighted by atomic mass is 32.1. The molecule has 0 saturated heterocycles. The molecule has 1 heterocycles. The Kier molecular flexibility index (Phi) is 3.71. The number of hydrogen-bond donors (Lipinski definition) is 1. The van der Waals surface area contributed by atoms with E-state index in [9.17, 15) is 4.39 Å². The highest BCUT2D eigenvalue weighted by Crippen LogP contribution is 2.20. The maximum Gasteiger partial charge on any atom is 0.185 e. The van der Waals surface area contributed by atoms with Gasteiger partial charge in [-0.25, -0.2) is 9.37 Å². The molecule has 1 aromatic heterocycles. The lowest BCUT2D eigenvalue weighted by atomic mass is 10.2. The molecule has 0 amide bonds. The van der Waals surface area contributed by atoms with E-state index in [0.29, 0.717) is 13.1 Å². The number of hydrogen-bond acceptors (Lipinski definition) is 4. The van der Waals surface area contributed by atoms with E-state index in [1.54, 1.807) is 23.5 Å². The van der Waals surface area contributed by atoms with Gasteiger partial charge in [0.15, 0.2) is 5.13 Å². The van der Waals surface area contributed by atoms with Crippen molar-refractivity contribution in [3.8, 4) is 0 Å². The Bertz CT molecular complexity index is 481. The van der Waals surface area contributed by atoms with Crippen LogP contribution < -0.4 is 10.6 Å². The van der Waals surface area contributed by atoms with Gasteiger partial charge >= 0.3 is 0 Å². The van der Waals surface area contributed by atoms with Crippen molar-refractivity contribution in [2.45, 2.75) is 13.1 Å². The smallest absolute Gasteiger partial charge is 0.185 e. The molecular weight excluding hydrogens is 237 g/mol. The van der Waals surface area contributed by atoms with Gasteiger partial charge in [0, 0.05) is 25.5 Å². The van der Waals surface area contributed by atoms with Gasteiger partial charge < -0.3 is 10.6 Å². The average Bonchev–Trinajstić information content (AvgIpc) is 2.81. The van der Waals surface area contributed by atoms with E-state index in [1.165, 1.54) is 12.1 Å². The van der Waals surface area contributed by atoms with E-state index in [-0.39, 0.29) is 5.82 Å². The van der Waals surface area contributed by atoms with Crippen molar-refractivity contribution in [3.05, 3.63) is 46.7 Å². The maximum atomic E-state index is 12.8. The molecule has 2 aromatic rings. The Hall–Kier alpha value is -1.46. The molecule has 0 saturated carbocycles. The minimum Gasteiger partial charge on any atom is -0.347 e. The number of benzene rings is 1. The van der Waals surface area contributed by atoms with Crippen LogP contribution in [0.25, 0.3) is 0 Å². The van der Waals surface area contributed by atoms with Gasteiger partial charge in [0.2, 0.25) is 0 Å². The zero-order valence-electron chi connectivity index (χ0n) is 9.56. The van der Waals surface area contributed by atoms with Crippen molar-refractivity contribution in [3.63, 3.8) is 0 Å². The van der Waals surface area contributed by atoms with Crippen molar-refractivity contribution in [2.24, 2.45) is 5.73 Å². The summed E-state index contributed by atoms with van der Waals surface area (Å²) in [5, 5.41) is 2.88. The van der Waals surface area contributed by atoms with Crippen LogP contribution in [0, 0.1) is 5.82 Å². The van der Waals surface area contributed by atoms with Gasteiger partial charge in [-0.3, -0.25) is 0 Å². The number of nitrogens with two attached hydrogens (primary N) is 1. The second-order valence-electron chi connectivity index (χ2n) is 3.81. The van der Waals surface area contributed by atoms with Crippen molar-refractivity contribution < 1.29 is 4.39 Å². The van der Waals surface area contributed by atoms with Crippen LogP contribution in [0.4, 0.5) is 9.52 Å². The molecule has 1 aromatic carbocycles. The fourth-order valence-electron chi connectivity index (χ4n) is 1.50. The molecule has 0 fully saturated rings. The molecule has 0 unspecified atom stereocenters. The van der Waals surface area contributed by atoms with Crippen LogP contribution in [0.2, 0.25) is 0 Å². The van der Waals surface area contributed by atoms with Crippen LogP contribution in [-0.2, 0) is 13.1 Å². The van der Waals surface area contributed by atoms with Crippen molar-refractivity contribution in [1.82, 2.24) is 4.98 Å². The minimum absolute atomic E-state index is 0.212. The van der Waals surface area contributed by atoms with Gasteiger partial charge in [-0.15, -0.1) is 11.3 Å². The first kappa shape index (κ1) is 12.0. The summed E-state index contributed by atoms with van der Waals surface area (Å²) in [6.45, 7) is 1.17. The Morgan fingerprint density at radius 3 is 2.65 bits per heavy atom. The molecule has 3 nitrogen and oxygen atoms in total. The highest BCUT2D eigenvalue weighted by molar-refractivity contribution is 7.13. The summed E-state index contributed by atoms with van der Waals surface area (Å²) in [4.78, 5) is 6.41. The third kappa shape index (κ3) is 3.01.